The van der Waals surface area contributed by atoms with Gasteiger partial charge in [0.2, 0.25) is 0 Å². The lowest BCUT2D eigenvalue weighted by molar-refractivity contribution is 0.222. The maximum atomic E-state index is 12.3. The molecule has 26 heavy (non-hydrogen) atoms. The largest absolute Gasteiger partial charge is 0.489 e. The number of allylic oxidation sites excluding steroid dienone is 1. The van der Waals surface area contributed by atoms with Crippen molar-refractivity contribution in [1.82, 2.24) is 5.23 Å². The van der Waals surface area contributed by atoms with E-state index in [2.05, 4.69) is 5.23 Å². The molecule has 0 unspecified atom stereocenters. The topological polar surface area (TPSA) is 103 Å². The number of nitrogens with one attached hydrogen (secondary N) is 1. The molecule has 0 aliphatic carbocycles. The van der Waals surface area contributed by atoms with Crippen LogP contribution in [-0.2, 0) is 13.6 Å². The van der Waals surface area contributed by atoms with Crippen LogP contribution in [0.3, 0.4) is 0 Å². The van der Waals surface area contributed by atoms with Crippen LogP contribution in [0.2, 0.25) is 6.82 Å². The lowest BCUT2D eigenvalue weighted by Crippen LogP contribution is -2.32. The lowest BCUT2D eigenvalue weighted by Gasteiger charge is -2.17. The fourth-order valence-corrected chi connectivity index (χ4v) is 3.87. The van der Waals surface area contributed by atoms with Gasteiger partial charge in [0.05, 0.1) is 19.4 Å². The molecule has 146 valence electrons. The molecule has 0 saturated heterocycles. The SMILES string of the molecule is CCOP(=O)(CC=CCOc1cc(N)cc([C@H](C)NB(C)O)c1)OCC. The van der Waals surface area contributed by atoms with Gasteiger partial charge in [0.15, 0.2) is 0 Å². The molecule has 0 radical (unpaired) electrons. The average molecular weight is 384 g/mol. The smallest absolute Gasteiger partial charge is 0.374 e. The monoisotopic (exact) mass is 384 g/mol. The second-order valence-electron chi connectivity index (χ2n) is 5.81. The van der Waals surface area contributed by atoms with Crippen LogP contribution < -0.4 is 15.7 Å². The third-order valence-electron chi connectivity index (χ3n) is 3.44. The molecule has 0 saturated carbocycles. The highest BCUT2D eigenvalue weighted by atomic mass is 31.2. The Morgan fingerprint density at radius 3 is 2.50 bits per heavy atom. The van der Waals surface area contributed by atoms with Crippen LogP contribution in [-0.4, -0.2) is 38.1 Å². The number of hydrogen-bond donors (Lipinski definition) is 3. The van der Waals surface area contributed by atoms with Crippen LogP contribution in [0.25, 0.3) is 0 Å². The number of nitrogen functional groups attached to an aromatic ring is 1. The Balaban J connectivity index is 2.62. The molecule has 0 spiro atoms. The molecule has 0 amide bonds. The fraction of sp³-hybridized carbons (Fsp3) is 0.529. The predicted octanol–water partition coefficient (Wildman–Crippen LogP) is 3.23. The number of nitrogens with two attached hydrogens (primary N) is 1. The Morgan fingerprint density at radius 1 is 1.27 bits per heavy atom. The summed E-state index contributed by atoms with van der Waals surface area (Å²) in [6, 6.07) is 5.37. The summed E-state index contributed by atoms with van der Waals surface area (Å²) >= 11 is 0. The Kier molecular flexibility index (Phi) is 9.98. The van der Waals surface area contributed by atoms with Crippen LogP contribution in [0, 0.1) is 0 Å². The first-order valence-electron chi connectivity index (χ1n) is 8.80. The standard InChI is InChI=1S/C17H30BN2O5P/c1-5-24-26(22,25-6-2)10-8-7-9-23-17-12-15(11-16(19)13-17)14(3)20-18(4)21/h7-8,11-14,20-21H,5-6,9-10,19H2,1-4H3/t14-/m0/s1. The van der Waals surface area contributed by atoms with E-state index < -0.39 is 14.6 Å². The zero-order valence-corrected chi connectivity index (χ0v) is 16.9. The van der Waals surface area contributed by atoms with E-state index in [9.17, 15) is 9.59 Å². The normalized spacial score (nSPS) is 13.1. The van der Waals surface area contributed by atoms with Crippen molar-refractivity contribution in [3.8, 4) is 5.75 Å². The molecule has 0 fully saturated rings. The van der Waals surface area contributed by atoms with Gasteiger partial charge in [-0.2, -0.15) is 0 Å². The van der Waals surface area contributed by atoms with Crippen molar-refractivity contribution in [2.24, 2.45) is 0 Å². The van der Waals surface area contributed by atoms with Crippen LogP contribution in [0.4, 0.5) is 5.69 Å². The third-order valence-corrected chi connectivity index (χ3v) is 5.40. The molecule has 0 aromatic heterocycles. The highest BCUT2D eigenvalue weighted by molar-refractivity contribution is 7.54. The summed E-state index contributed by atoms with van der Waals surface area (Å²) in [5, 5.41) is 12.4. The lowest BCUT2D eigenvalue weighted by atomic mass is 9.86. The van der Waals surface area contributed by atoms with Gasteiger partial charge in [-0.3, -0.25) is 4.57 Å². The Bertz CT molecular complexity index is 617. The molecule has 0 aliphatic heterocycles. The van der Waals surface area contributed by atoms with Crippen molar-refractivity contribution in [1.29, 1.82) is 0 Å². The molecule has 9 heteroatoms. The quantitative estimate of drug-likeness (QED) is 0.220. The maximum absolute atomic E-state index is 12.3. The fourth-order valence-electron chi connectivity index (χ4n) is 2.39. The van der Waals surface area contributed by atoms with Gasteiger partial charge in [-0.15, -0.1) is 0 Å². The van der Waals surface area contributed by atoms with E-state index in [4.69, 9.17) is 19.5 Å². The second kappa shape index (κ2) is 11.4. The van der Waals surface area contributed by atoms with E-state index >= 15 is 0 Å². The molecule has 0 bridgehead atoms. The molecule has 0 heterocycles. The minimum absolute atomic E-state index is 0.0698. The summed E-state index contributed by atoms with van der Waals surface area (Å²) < 4.78 is 28.5. The van der Waals surface area contributed by atoms with Crippen molar-refractivity contribution in [3.63, 3.8) is 0 Å². The van der Waals surface area contributed by atoms with Gasteiger partial charge in [-0.25, -0.2) is 0 Å². The molecule has 1 aromatic rings. The van der Waals surface area contributed by atoms with E-state index in [0.29, 0.717) is 31.3 Å². The van der Waals surface area contributed by atoms with Crippen molar-refractivity contribution in [3.05, 3.63) is 35.9 Å². The molecule has 4 N–H and O–H groups in total. The number of benzene rings is 1. The van der Waals surface area contributed by atoms with Gasteiger partial charge in [0.25, 0.3) is 0 Å². The Hall–Kier alpha value is -1.31. The van der Waals surface area contributed by atoms with Gasteiger partial charge < -0.3 is 29.8 Å². The first-order valence-corrected chi connectivity index (χ1v) is 10.5. The summed E-state index contributed by atoms with van der Waals surface area (Å²) in [4.78, 5) is 0. The molecule has 1 aromatic carbocycles. The van der Waals surface area contributed by atoms with Crippen molar-refractivity contribution in [2.75, 3.05) is 31.7 Å². The van der Waals surface area contributed by atoms with Crippen LogP contribution >= 0.6 is 7.60 Å². The summed E-state index contributed by atoms with van der Waals surface area (Å²) in [6.07, 6.45) is 3.71. The van der Waals surface area contributed by atoms with Gasteiger partial charge in [-0.05, 0) is 45.3 Å². The molecule has 7 nitrogen and oxygen atoms in total. The van der Waals surface area contributed by atoms with Gasteiger partial charge in [-0.1, -0.05) is 12.2 Å². The van der Waals surface area contributed by atoms with Crippen LogP contribution in [0.5, 0.6) is 5.75 Å². The zero-order chi connectivity index (χ0) is 19.6. The summed E-state index contributed by atoms with van der Waals surface area (Å²) in [7, 11) is -3.69. The maximum Gasteiger partial charge on any atom is 0.374 e. The minimum Gasteiger partial charge on any atom is -0.489 e. The number of rotatable bonds is 12. The third kappa shape index (κ3) is 8.38. The molecular weight excluding hydrogens is 354 g/mol. The zero-order valence-electron chi connectivity index (χ0n) is 16.0. The summed E-state index contributed by atoms with van der Waals surface area (Å²) in [5.41, 5.74) is 7.42. The first kappa shape index (κ1) is 22.7. The van der Waals surface area contributed by atoms with E-state index in [1.165, 1.54) is 0 Å². The second-order valence-corrected chi connectivity index (χ2v) is 7.91. The number of ether oxygens (including phenoxy) is 1. The molecule has 1 atom stereocenters. The predicted molar refractivity (Wildman–Crippen MR) is 107 cm³/mol. The molecular formula is C17H30BN2O5P. The van der Waals surface area contributed by atoms with Crippen LogP contribution in [0.15, 0.2) is 30.4 Å². The van der Waals surface area contributed by atoms with Crippen LogP contribution in [0.1, 0.15) is 32.4 Å². The Labute approximate surface area is 156 Å². The highest BCUT2D eigenvalue weighted by Crippen LogP contribution is 2.47. The van der Waals surface area contributed by atoms with E-state index in [0.717, 1.165) is 5.56 Å². The van der Waals surface area contributed by atoms with Gasteiger partial charge >= 0.3 is 14.6 Å². The van der Waals surface area contributed by atoms with Crippen molar-refractivity contribution >= 4 is 20.3 Å². The van der Waals surface area contributed by atoms with E-state index in [-0.39, 0.29) is 12.2 Å². The Morgan fingerprint density at radius 2 is 1.92 bits per heavy atom. The van der Waals surface area contributed by atoms with Gasteiger partial charge in [0, 0.05) is 17.8 Å². The number of hydrogen-bond acceptors (Lipinski definition) is 7. The highest BCUT2D eigenvalue weighted by Gasteiger charge is 2.21. The summed E-state index contributed by atoms with van der Waals surface area (Å²) in [5.74, 6) is 0.627. The first-order chi connectivity index (χ1) is 12.3. The van der Waals surface area contributed by atoms with E-state index in [1.807, 2.05) is 19.1 Å². The van der Waals surface area contributed by atoms with Gasteiger partial charge in [0.1, 0.15) is 12.4 Å². The molecule has 0 aliphatic rings. The van der Waals surface area contributed by atoms with Crippen molar-refractivity contribution in [2.45, 2.75) is 33.6 Å². The summed E-state index contributed by atoms with van der Waals surface area (Å²) in [6.45, 7) is 8.14. The van der Waals surface area contributed by atoms with E-state index in [1.54, 1.807) is 38.9 Å². The number of anilines is 1. The minimum atomic E-state index is -3.07. The average Bonchev–Trinajstić information content (AvgIpc) is 2.54. The van der Waals surface area contributed by atoms with Crippen molar-refractivity contribution < 1.29 is 23.4 Å². The molecule has 1 rings (SSSR count).